The van der Waals surface area contributed by atoms with Gasteiger partial charge in [0.15, 0.2) is 0 Å². The molecular weight excluding hydrogens is 280 g/mol. The lowest BCUT2D eigenvalue weighted by molar-refractivity contribution is -0.136. The Hall–Kier alpha value is -1.59. The number of halogens is 1. The molecule has 1 N–H and O–H groups in total. The van der Waals surface area contributed by atoms with Crippen molar-refractivity contribution in [3.63, 3.8) is 0 Å². The van der Waals surface area contributed by atoms with Crippen LogP contribution in [0.1, 0.15) is 17.3 Å². The zero-order valence-electron chi connectivity index (χ0n) is 11.3. The third kappa shape index (κ3) is 3.49. The average molecular weight is 297 g/mol. The lowest BCUT2D eigenvalue weighted by Crippen LogP contribution is -2.50. The molecule has 5 nitrogen and oxygen atoms in total. The number of carbonyl (C=O) groups excluding carboxylic acids is 2. The van der Waals surface area contributed by atoms with Crippen LogP contribution in [0.25, 0.3) is 0 Å². The number of ether oxygens (including phenoxy) is 1. The van der Waals surface area contributed by atoms with Crippen LogP contribution in [0, 0.1) is 0 Å². The highest BCUT2D eigenvalue weighted by Crippen LogP contribution is 2.14. The summed E-state index contributed by atoms with van der Waals surface area (Å²) in [4.78, 5) is 25.9. The minimum atomic E-state index is -0.586. The summed E-state index contributed by atoms with van der Waals surface area (Å²) < 4.78 is 5.20. The van der Waals surface area contributed by atoms with Crippen LogP contribution < -0.4 is 5.32 Å². The van der Waals surface area contributed by atoms with Gasteiger partial charge < -0.3 is 15.0 Å². The van der Waals surface area contributed by atoms with Gasteiger partial charge >= 0.3 is 0 Å². The van der Waals surface area contributed by atoms with E-state index in [0.717, 1.165) is 0 Å². The number of carbonyl (C=O) groups is 2. The molecule has 0 saturated carbocycles. The van der Waals surface area contributed by atoms with Gasteiger partial charge in [-0.1, -0.05) is 23.7 Å². The van der Waals surface area contributed by atoms with Crippen LogP contribution in [0.15, 0.2) is 24.3 Å². The van der Waals surface area contributed by atoms with Crippen molar-refractivity contribution >= 4 is 23.4 Å². The maximum atomic E-state index is 12.2. The molecule has 1 aromatic carbocycles. The van der Waals surface area contributed by atoms with Gasteiger partial charge in [0.2, 0.25) is 5.91 Å². The third-order valence-electron chi connectivity index (χ3n) is 3.16. The van der Waals surface area contributed by atoms with Crippen molar-refractivity contribution in [3.8, 4) is 0 Å². The lowest BCUT2D eigenvalue weighted by Gasteiger charge is -2.29. The van der Waals surface area contributed by atoms with E-state index in [4.69, 9.17) is 16.3 Å². The Balaban J connectivity index is 1.97. The summed E-state index contributed by atoms with van der Waals surface area (Å²) in [7, 11) is 0. The SMILES string of the molecule is C[C@@H](NC(=O)c1ccccc1Cl)C(=O)N1CCOCC1. The Bertz CT molecular complexity index is 501. The fraction of sp³-hybridized carbons (Fsp3) is 0.429. The Labute approximate surface area is 122 Å². The Morgan fingerprint density at radius 3 is 2.60 bits per heavy atom. The Kier molecular flexibility index (Phi) is 4.98. The molecule has 2 amide bonds. The van der Waals surface area contributed by atoms with Gasteiger partial charge in [-0.3, -0.25) is 9.59 Å². The van der Waals surface area contributed by atoms with Gasteiger partial charge in [-0.25, -0.2) is 0 Å². The number of hydrogen-bond donors (Lipinski definition) is 1. The molecule has 108 valence electrons. The summed E-state index contributed by atoms with van der Waals surface area (Å²) in [6.45, 7) is 3.87. The molecule has 0 aliphatic carbocycles. The smallest absolute Gasteiger partial charge is 0.253 e. The van der Waals surface area contributed by atoms with E-state index in [2.05, 4.69) is 5.32 Å². The van der Waals surface area contributed by atoms with Crippen molar-refractivity contribution in [1.29, 1.82) is 0 Å². The standard InChI is InChI=1S/C14H17ClN2O3/c1-10(14(19)17-6-8-20-9-7-17)16-13(18)11-4-2-3-5-12(11)15/h2-5,10H,6-9H2,1H3,(H,16,18)/t10-/m1/s1. The zero-order chi connectivity index (χ0) is 14.5. The highest BCUT2D eigenvalue weighted by Gasteiger charge is 2.24. The quantitative estimate of drug-likeness (QED) is 0.915. The van der Waals surface area contributed by atoms with E-state index in [1.807, 2.05) is 0 Å². The Morgan fingerprint density at radius 2 is 1.95 bits per heavy atom. The second-order valence-corrected chi connectivity index (χ2v) is 5.02. The first kappa shape index (κ1) is 14.8. The van der Waals surface area contributed by atoms with Crippen LogP contribution in [0.4, 0.5) is 0 Å². The lowest BCUT2D eigenvalue weighted by atomic mass is 10.2. The van der Waals surface area contributed by atoms with Crippen molar-refractivity contribution < 1.29 is 14.3 Å². The molecule has 0 bridgehead atoms. The molecule has 1 aliphatic rings. The van der Waals surface area contributed by atoms with Crippen molar-refractivity contribution in [3.05, 3.63) is 34.9 Å². The second-order valence-electron chi connectivity index (χ2n) is 4.61. The van der Waals surface area contributed by atoms with E-state index in [1.165, 1.54) is 0 Å². The second kappa shape index (κ2) is 6.72. The predicted molar refractivity (Wildman–Crippen MR) is 75.8 cm³/mol. The number of nitrogens with zero attached hydrogens (tertiary/aromatic N) is 1. The predicted octanol–water partition coefficient (Wildman–Crippen LogP) is 1.32. The monoisotopic (exact) mass is 296 g/mol. The maximum absolute atomic E-state index is 12.2. The maximum Gasteiger partial charge on any atom is 0.253 e. The number of amides is 2. The van der Waals surface area contributed by atoms with Crippen LogP contribution in [0.3, 0.4) is 0 Å². The average Bonchev–Trinajstić information content (AvgIpc) is 2.47. The molecule has 1 aliphatic heterocycles. The van der Waals surface area contributed by atoms with Gasteiger partial charge in [-0.15, -0.1) is 0 Å². The molecule has 2 rings (SSSR count). The van der Waals surface area contributed by atoms with Gasteiger partial charge in [0.05, 0.1) is 23.8 Å². The van der Waals surface area contributed by atoms with Crippen LogP contribution in [0.5, 0.6) is 0 Å². The van der Waals surface area contributed by atoms with Crippen LogP contribution in [-0.4, -0.2) is 49.1 Å². The summed E-state index contributed by atoms with van der Waals surface area (Å²) in [5, 5.41) is 3.05. The summed E-state index contributed by atoms with van der Waals surface area (Å²) >= 11 is 5.96. The van der Waals surface area contributed by atoms with Crippen LogP contribution in [0.2, 0.25) is 5.02 Å². The molecule has 20 heavy (non-hydrogen) atoms. The van der Waals surface area contributed by atoms with E-state index in [1.54, 1.807) is 36.1 Å². The molecule has 0 spiro atoms. The van der Waals surface area contributed by atoms with E-state index in [-0.39, 0.29) is 11.8 Å². The van der Waals surface area contributed by atoms with Crippen molar-refractivity contribution in [2.24, 2.45) is 0 Å². The van der Waals surface area contributed by atoms with E-state index >= 15 is 0 Å². The van der Waals surface area contributed by atoms with Gasteiger partial charge in [0.25, 0.3) is 5.91 Å². The first-order valence-corrected chi connectivity index (χ1v) is 6.89. The molecule has 0 unspecified atom stereocenters. The Morgan fingerprint density at radius 1 is 1.30 bits per heavy atom. The van der Waals surface area contributed by atoms with Crippen LogP contribution in [-0.2, 0) is 9.53 Å². The molecule has 1 heterocycles. The highest BCUT2D eigenvalue weighted by molar-refractivity contribution is 6.33. The number of benzene rings is 1. The highest BCUT2D eigenvalue weighted by atomic mass is 35.5. The minimum Gasteiger partial charge on any atom is -0.378 e. The first-order valence-electron chi connectivity index (χ1n) is 6.51. The fourth-order valence-electron chi connectivity index (χ4n) is 2.04. The third-order valence-corrected chi connectivity index (χ3v) is 3.49. The molecule has 6 heteroatoms. The summed E-state index contributed by atoms with van der Waals surface area (Å²) in [5.41, 5.74) is 0.371. The number of hydrogen-bond acceptors (Lipinski definition) is 3. The van der Waals surface area contributed by atoms with E-state index in [9.17, 15) is 9.59 Å². The summed E-state index contributed by atoms with van der Waals surface area (Å²) in [6, 6.07) is 6.17. The van der Waals surface area contributed by atoms with E-state index in [0.29, 0.717) is 36.9 Å². The fourth-order valence-corrected chi connectivity index (χ4v) is 2.26. The van der Waals surface area contributed by atoms with Gasteiger partial charge in [0.1, 0.15) is 6.04 Å². The minimum absolute atomic E-state index is 0.103. The van der Waals surface area contributed by atoms with Crippen molar-refractivity contribution in [1.82, 2.24) is 10.2 Å². The van der Waals surface area contributed by atoms with Crippen LogP contribution >= 0.6 is 11.6 Å². The molecule has 0 aromatic heterocycles. The largest absolute Gasteiger partial charge is 0.378 e. The first-order chi connectivity index (χ1) is 9.59. The van der Waals surface area contributed by atoms with Gasteiger partial charge in [-0.2, -0.15) is 0 Å². The van der Waals surface area contributed by atoms with Crippen molar-refractivity contribution in [2.45, 2.75) is 13.0 Å². The van der Waals surface area contributed by atoms with Gasteiger partial charge in [-0.05, 0) is 19.1 Å². The summed E-state index contributed by atoms with van der Waals surface area (Å²) in [6.07, 6.45) is 0. The molecule has 1 aromatic rings. The van der Waals surface area contributed by atoms with Crippen molar-refractivity contribution in [2.75, 3.05) is 26.3 Å². The number of rotatable bonds is 3. The molecule has 1 fully saturated rings. The number of nitrogens with one attached hydrogen (secondary N) is 1. The molecule has 0 radical (unpaired) electrons. The van der Waals surface area contributed by atoms with Gasteiger partial charge in [0, 0.05) is 13.1 Å². The molecule has 1 atom stereocenters. The number of morpholine rings is 1. The van der Waals surface area contributed by atoms with E-state index < -0.39 is 6.04 Å². The summed E-state index contributed by atoms with van der Waals surface area (Å²) in [5.74, 6) is -0.446. The normalized spacial score (nSPS) is 16.6. The zero-order valence-corrected chi connectivity index (χ0v) is 12.0. The molecule has 1 saturated heterocycles. The topological polar surface area (TPSA) is 58.6 Å². The molecular formula is C14H17ClN2O3.